The summed E-state index contributed by atoms with van der Waals surface area (Å²) in [5.74, 6) is 0.781. The number of piperazine rings is 1. The number of benzene rings is 2. The Kier molecular flexibility index (Phi) is 6.76. The molecule has 2 aromatic rings. The smallest absolute Gasteiger partial charge is 0.120 e. The molecular weight excluding hydrogens is 387 g/mol. The van der Waals surface area contributed by atoms with E-state index in [9.17, 15) is 0 Å². The van der Waals surface area contributed by atoms with Gasteiger partial charge in [0.1, 0.15) is 17.3 Å². The summed E-state index contributed by atoms with van der Waals surface area (Å²) in [7, 11) is 0. The van der Waals surface area contributed by atoms with E-state index in [0.29, 0.717) is 16.7 Å². The van der Waals surface area contributed by atoms with Crippen molar-refractivity contribution in [2.24, 2.45) is 0 Å². The number of ether oxygens (including phenoxy) is 1. The zero-order chi connectivity index (χ0) is 18.5. The van der Waals surface area contributed by atoms with E-state index in [1.807, 2.05) is 36.4 Å². The van der Waals surface area contributed by atoms with E-state index in [2.05, 4.69) is 16.7 Å². The van der Waals surface area contributed by atoms with Crippen LogP contribution in [0.3, 0.4) is 0 Å². The van der Waals surface area contributed by atoms with Crippen LogP contribution in [0.4, 0.5) is 0 Å². The molecule has 138 valence electrons. The first kappa shape index (κ1) is 19.4. The maximum absolute atomic E-state index is 6.21. The standard InChI is InChI=1S/C20H22Cl2N2OS/c1-2-23-8-10-24(11-9-23)20(26)15-4-3-5-18(12-15)25-14-16-6-7-17(21)13-19(16)22/h3-7,12-13H,2,8-11,14H2,1H3. The van der Waals surface area contributed by atoms with Gasteiger partial charge < -0.3 is 14.5 Å². The Balaban J connectivity index is 1.63. The van der Waals surface area contributed by atoms with Gasteiger partial charge in [0.2, 0.25) is 0 Å². The number of thiocarbonyl (C=S) groups is 1. The van der Waals surface area contributed by atoms with E-state index in [4.69, 9.17) is 40.2 Å². The van der Waals surface area contributed by atoms with Gasteiger partial charge in [-0.25, -0.2) is 0 Å². The molecule has 0 aromatic heterocycles. The molecule has 0 N–H and O–H groups in total. The van der Waals surface area contributed by atoms with E-state index in [1.165, 1.54) is 0 Å². The summed E-state index contributed by atoms with van der Waals surface area (Å²) in [6.45, 7) is 7.74. The molecule has 1 aliphatic rings. The van der Waals surface area contributed by atoms with Gasteiger partial charge in [0.05, 0.1) is 0 Å². The molecule has 26 heavy (non-hydrogen) atoms. The largest absolute Gasteiger partial charge is 0.489 e. The third-order valence-electron chi connectivity index (χ3n) is 4.60. The number of hydrogen-bond donors (Lipinski definition) is 0. The Hall–Kier alpha value is -1.33. The molecule has 6 heteroatoms. The van der Waals surface area contributed by atoms with Crippen LogP contribution in [0.2, 0.25) is 10.0 Å². The van der Waals surface area contributed by atoms with E-state index >= 15 is 0 Å². The lowest BCUT2D eigenvalue weighted by Gasteiger charge is -2.35. The number of rotatable bonds is 5. The van der Waals surface area contributed by atoms with Gasteiger partial charge in [0, 0.05) is 47.4 Å². The van der Waals surface area contributed by atoms with Crippen LogP contribution < -0.4 is 4.74 Å². The van der Waals surface area contributed by atoms with Crippen LogP contribution in [0.1, 0.15) is 18.1 Å². The summed E-state index contributed by atoms with van der Waals surface area (Å²) in [6, 6.07) is 13.4. The average molecular weight is 409 g/mol. The zero-order valence-corrected chi connectivity index (χ0v) is 17.1. The Morgan fingerprint density at radius 2 is 1.85 bits per heavy atom. The van der Waals surface area contributed by atoms with E-state index in [-0.39, 0.29) is 0 Å². The first-order chi connectivity index (χ1) is 12.6. The van der Waals surface area contributed by atoms with Crippen LogP contribution in [-0.4, -0.2) is 47.5 Å². The van der Waals surface area contributed by atoms with Gasteiger partial charge >= 0.3 is 0 Å². The first-order valence-corrected chi connectivity index (χ1v) is 9.91. The highest BCUT2D eigenvalue weighted by Gasteiger charge is 2.18. The van der Waals surface area contributed by atoms with Crippen LogP contribution >= 0.6 is 35.4 Å². The fourth-order valence-electron chi connectivity index (χ4n) is 2.97. The van der Waals surface area contributed by atoms with Gasteiger partial charge in [-0.3, -0.25) is 0 Å². The lowest BCUT2D eigenvalue weighted by atomic mass is 10.2. The molecule has 3 nitrogen and oxygen atoms in total. The molecule has 1 fully saturated rings. The van der Waals surface area contributed by atoms with Gasteiger partial charge in [0.25, 0.3) is 0 Å². The highest BCUT2D eigenvalue weighted by Crippen LogP contribution is 2.23. The van der Waals surface area contributed by atoms with Gasteiger partial charge in [-0.15, -0.1) is 0 Å². The van der Waals surface area contributed by atoms with Crippen molar-refractivity contribution in [2.75, 3.05) is 32.7 Å². The maximum atomic E-state index is 6.21. The molecule has 0 aliphatic carbocycles. The molecule has 0 spiro atoms. The van der Waals surface area contributed by atoms with E-state index < -0.39 is 0 Å². The number of halogens is 2. The van der Waals surface area contributed by atoms with Gasteiger partial charge in [-0.1, -0.05) is 60.5 Å². The normalized spacial score (nSPS) is 15.1. The van der Waals surface area contributed by atoms with Crippen molar-refractivity contribution in [1.29, 1.82) is 0 Å². The second-order valence-corrected chi connectivity index (χ2v) is 7.51. The second kappa shape index (κ2) is 9.05. The predicted octanol–water partition coefficient (Wildman–Crippen LogP) is 4.89. The molecule has 0 unspecified atom stereocenters. The Morgan fingerprint density at radius 1 is 1.08 bits per heavy atom. The summed E-state index contributed by atoms with van der Waals surface area (Å²) in [6.07, 6.45) is 0. The van der Waals surface area contributed by atoms with Gasteiger partial charge in [-0.2, -0.15) is 0 Å². The minimum atomic E-state index is 0.390. The third-order valence-corrected chi connectivity index (χ3v) is 5.68. The lowest BCUT2D eigenvalue weighted by molar-refractivity contribution is 0.192. The highest BCUT2D eigenvalue weighted by atomic mass is 35.5. The highest BCUT2D eigenvalue weighted by molar-refractivity contribution is 7.80. The molecule has 3 rings (SSSR count). The monoisotopic (exact) mass is 408 g/mol. The van der Waals surface area contributed by atoms with Crippen LogP contribution in [0, 0.1) is 0 Å². The molecule has 0 amide bonds. The van der Waals surface area contributed by atoms with Gasteiger partial charge in [-0.05, 0) is 30.8 Å². The van der Waals surface area contributed by atoms with Crippen molar-refractivity contribution in [3.63, 3.8) is 0 Å². The SMILES string of the molecule is CCN1CCN(C(=S)c2cccc(OCc3ccc(Cl)cc3Cl)c2)CC1. The molecule has 0 radical (unpaired) electrons. The van der Waals surface area contributed by atoms with Crippen LogP contribution in [0.25, 0.3) is 0 Å². The Morgan fingerprint density at radius 3 is 2.54 bits per heavy atom. The molecule has 0 atom stereocenters. The van der Waals surface area contributed by atoms with Crippen molar-refractivity contribution >= 4 is 40.4 Å². The van der Waals surface area contributed by atoms with Crippen LogP contribution in [0.5, 0.6) is 5.75 Å². The second-order valence-electron chi connectivity index (χ2n) is 6.28. The zero-order valence-electron chi connectivity index (χ0n) is 14.8. The van der Waals surface area contributed by atoms with Crippen molar-refractivity contribution in [3.05, 3.63) is 63.6 Å². The fraction of sp³-hybridized carbons (Fsp3) is 0.350. The minimum absolute atomic E-state index is 0.390. The molecule has 0 bridgehead atoms. The quantitative estimate of drug-likeness (QED) is 0.654. The molecule has 2 aromatic carbocycles. The topological polar surface area (TPSA) is 15.7 Å². The van der Waals surface area contributed by atoms with Gasteiger partial charge in [0.15, 0.2) is 0 Å². The number of hydrogen-bond acceptors (Lipinski definition) is 3. The Labute approximate surface area is 170 Å². The average Bonchev–Trinajstić information content (AvgIpc) is 2.67. The summed E-state index contributed by atoms with van der Waals surface area (Å²) in [5, 5.41) is 1.23. The summed E-state index contributed by atoms with van der Waals surface area (Å²) in [5.41, 5.74) is 1.92. The van der Waals surface area contributed by atoms with E-state index in [0.717, 1.165) is 54.6 Å². The molecule has 1 aliphatic heterocycles. The van der Waals surface area contributed by atoms with Crippen molar-refractivity contribution in [1.82, 2.24) is 9.80 Å². The fourth-order valence-corrected chi connectivity index (χ4v) is 3.74. The minimum Gasteiger partial charge on any atom is -0.489 e. The summed E-state index contributed by atoms with van der Waals surface area (Å²) < 4.78 is 5.91. The van der Waals surface area contributed by atoms with E-state index in [1.54, 1.807) is 6.07 Å². The maximum Gasteiger partial charge on any atom is 0.120 e. The first-order valence-electron chi connectivity index (χ1n) is 8.75. The number of likely N-dealkylation sites (N-methyl/N-ethyl adjacent to an activating group) is 1. The van der Waals surface area contributed by atoms with Crippen LogP contribution in [-0.2, 0) is 6.61 Å². The molecule has 0 saturated carbocycles. The van der Waals surface area contributed by atoms with Crippen molar-refractivity contribution < 1.29 is 4.74 Å². The lowest BCUT2D eigenvalue weighted by Crippen LogP contribution is -2.48. The van der Waals surface area contributed by atoms with Crippen molar-refractivity contribution in [2.45, 2.75) is 13.5 Å². The summed E-state index contributed by atoms with van der Waals surface area (Å²) in [4.78, 5) is 5.60. The predicted molar refractivity (Wildman–Crippen MR) is 113 cm³/mol. The molecular formula is C20H22Cl2N2OS. The molecule has 1 saturated heterocycles. The summed E-state index contributed by atoms with van der Waals surface area (Å²) >= 11 is 17.8. The van der Waals surface area contributed by atoms with Crippen molar-refractivity contribution in [3.8, 4) is 5.75 Å². The third kappa shape index (κ3) is 4.89. The number of nitrogens with zero attached hydrogens (tertiary/aromatic N) is 2. The Bertz CT molecular complexity index is 776. The molecule has 1 heterocycles. The van der Waals surface area contributed by atoms with Crippen LogP contribution in [0.15, 0.2) is 42.5 Å².